The molecular formula is C17H16Cl2N6O6. The predicted molar refractivity (Wildman–Crippen MR) is 118 cm³/mol. The van der Waals surface area contributed by atoms with Crippen molar-refractivity contribution in [1.29, 1.82) is 0 Å². The Morgan fingerprint density at radius 1 is 0.903 bits per heavy atom. The van der Waals surface area contributed by atoms with Crippen LogP contribution in [0.5, 0.6) is 0 Å². The molecule has 0 atom stereocenters. The first-order chi connectivity index (χ1) is 14.8. The number of alkyl halides is 2. The lowest BCUT2D eigenvalue weighted by Gasteiger charge is -2.22. The Morgan fingerprint density at radius 2 is 1.55 bits per heavy atom. The van der Waals surface area contributed by atoms with Crippen LogP contribution in [0.15, 0.2) is 41.5 Å². The Balaban J connectivity index is 2.31. The number of nitro groups is 3. The van der Waals surface area contributed by atoms with E-state index in [1.54, 1.807) is 11.0 Å². The highest BCUT2D eigenvalue weighted by molar-refractivity contribution is 6.18. The summed E-state index contributed by atoms with van der Waals surface area (Å²) >= 11 is 11.5. The number of anilines is 2. The first-order valence-electron chi connectivity index (χ1n) is 8.65. The number of rotatable bonds is 11. The van der Waals surface area contributed by atoms with Crippen molar-refractivity contribution in [2.24, 2.45) is 5.10 Å². The molecule has 0 aromatic heterocycles. The average molecular weight is 471 g/mol. The number of halogens is 2. The van der Waals surface area contributed by atoms with Crippen molar-refractivity contribution in [2.75, 3.05) is 35.2 Å². The van der Waals surface area contributed by atoms with Gasteiger partial charge in [-0.05, 0) is 18.2 Å². The summed E-state index contributed by atoms with van der Waals surface area (Å²) in [6, 6.07) is 7.46. The van der Waals surface area contributed by atoms with Gasteiger partial charge in [0.05, 0.1) is 32.6 Å². The average Bonchev–Trinajstić information content (AvgIpc) is 2.73. The van der Waals surface area contributed by atoms with Crippen LogP contribution in [-0.2, 0) is 0 Å². The summed E-state index contributed by atoms with van der Waals surface area (Å²) in [6.45, 7) is 0.897. The molecule has 2 aromatic rings. The maximum absolute atomic E-state index is 11.5. The zero-order valence-corrected chi connectivity index (χ0v) is 17.3. The fourth-order valence-electron chi connectivity index (χ4n) is 2.62. The monoisotopic (exact) mass is 470 g/mol. The third kappa shape index (κ3) is 6.23. The highest BCUT2D eigenvalue weighted by atomic mass is 35.5. The highest BCUT2D eigenvalue weighted by Gasteiger charge is 2.20. The Morgan fingerprint density at radius 3 is 2.10 bits per heavy atom. The second-order valence-electron chi connectivity index (χ2n) is 5.95. The lowest BCUT2D eigenvalue weighted by molar-refractivity contribution is -0.393. The first kappa shape index (κ1) is 23.8. The molecule has 0 amide bonds. The Bertz CT molecular complexity index is 1010. The van der Waals surface area contributed by atoms with E-state index >= 15 is 0 Å². The molecule has 1 N–H and O–H groups in total. The van der Waals surface area contributed by atoms with Gasteiger partial charge in [0.1, 0.15) is 5.69 Å². The zero-order chi connectivity index (χ0) is 23.0. The van der Waals surface area contributed by atoms with Crippen molar-refractivity contribution < 1.29 is 14.8 Å². The third-order valence-electron chi connectivity index (χ3n) is 4.06. The lowest BCUT2D eigenvalue weighted by Crippen LogP contribution is -2.27. The number of non-ortho nitro benzene ring substituents is 1. The largest absolute Gasteiger partial charge is 0.369 e. The van der Waals surface area contributed by atoms with Gasteiger partial charge in [0, 0.05) is 42.7 Å². The molecule has 31 heavy (non-hydrogen) atoms. The lowest BCUT2D eigenvalue weighted by atomic mass is 10.1. The minimum atomic E-state index is -0.801. The molecule has 0 unspecified atom stereocenters. The molecule has 0 aliphatic rings. The number of hydrogen-bond donors (Lipinski definition) is 1. The van der Waals surface area contributed by atoms with Crippen molar-refractivity contribution in [2.45, 2.75) is 0 Å². The van der Waals surface area contributed by atoms with Crippen LogP contribution in [-0.4, -0.2) is 45.8 Å². The number of hydrazone groups is 1. The molecule has 0 aliphatic heterocycles. The van der Waals surface area contributed by atoms with Gasteiger partial charge in [0.25, 0.3) is 11.4 Å². The van der Waals surface area contributed by atoms with E-state index in [1.807, 2.05) is 0 Å². The van der Waals surface area contributed by atoms with Crippen LogP contribution < -0.4 is 10.3 Å². The van der Waals surface area contributed by atoms with Crippen molar-refractivity contribution in [1.82, 2.24) is 0 Å². The second kappa shape index (κ2) is 11.0. The summed E-state index contributed by atoms with van der Waals surface area (Å²) in [4.78, 5) is 33.1. The molecule has 0 radical (unpaired) electrons. The molecule has 0 heterocycles. The molecule has 0 aliphatic carbocycles. The molecule has 0 fully saturated rings. The zero-order valence-electron chi connectivity index (χ0n) is 15.8. The van der Waals surface area contributed by atoms with Gasteiger partial charge in [-0.3, -0.25) is 35.8 Å². The Kier molecular flexibility index (Phi) is 8.46. The SMILES string of the molecule is O=[N+]([O-])c1ccc(N/N=C/c2ccc(N(CCCl)CCCl)cc2[N+](=O)[O-])c([N+](=O)[O-])c1. The summed E-state index contributed by atoms with van der Waals surface area (Å²) in [5, 5.41) is 37.3. The standard InChI is InChI=1S/C17H16Cl2N6O6/c18-5-7-22(8-6-19)13-2-1-12(16(9-13)24(28)29)11-20-21-15-4-3-14(23(26)27)10-17(15)25(30)31/h1-4,9-11,21H,5-8H2/b20-11+. The second-order valence-corrected chi connectivity index (χ2v) is 6.71. The van der Waals surface area contributed by atoms with Gasteiger partial charge < -0.3 is 4.90 Å². The van der Waals surface area contributed by atoms with E-state index in [4.69, 9.17) is 23.2 Å². The molecule has 0 saturated heterocycles. The van der Waals surface area contributed by atoms with Crippen LogP contribution in [0.25, 0.3) is 0 Å². The molecule has 12 nitrogen and oxygen atoms in total. The Hall–Kier alpha value is -3.51. The predicted octanol–water partition coefficient (Wildman–Crippen LogP) is 4.14. The van der Waals surface area contributed by atoms with Crippen LogP contribution in [0.2, 0.25) is 0 Å². The third-order valence-corrected chi connectivity index (χ3v) is 4.40. The molecular weight excluding hydrogens is 455 g/mol. The van der Waals surface area contributed by atoms with Crippen molar-refractivity contribution in [3.63, 3.8) is 0 Å². The molecule has 0 bridgehead atoms. The number of hydrogen-bond acceptors (Lipinski definition) is 9. The van der Waals surface area contributed by atoms with Crippen LogP contribution in [0, 0.1) is 30.3 Å². The van der Waals surface area contributed by atoms with E-state index < -0.39 is 26.1 Å². The van der Waals surface area contributed by atoms with Crippen LogP contribution in [0.3, 0.4) is 0 Å². The minimum Gasteiger partial charge on any atom is -0.369 e. The maximum Gasteiger partial charge on any atom is 0.301 e. The van der Waals surface area contributed by atoms with Crippen LogP contribution in [0.1, 0.15) is 5.56 Å². The fraction of sp³-hybridized carbons (Fsp3) is 0.235. The number of nitrogens with zero attached hydrogens (tertiary/aromatic N) is 5. The van der Waals surface area contributed by atoms with E-state index in [0.717, 1.165) is 24.4 Å². The fourth-order valence-corrected chi connectivity index (χ4v) is 3.03. The highest BCUT2D eigenvalue weighted by Crippen LogP contribution is 2.29. The smallest absolute Gasteiger partial charge is 0.301 e. The van der Waals surface area contributed by atoms with Crippen LogP contribution >= 0.6 is 23.2 Å². The first-order valence-corrected chi connectivity index (χ1v) is 9.72. The summed E-state index contributed by atoms with van der Waals surface area (Å²) < 4.78 is 0. The van der Waals surface area contributed by atoms with E-state index in [0.29, 0.717) is 30.5 Å². The van der Waals surface area contributed by atoms with Gasteiger partial charge in [-0.15, -0.1) is 23.2 Å². The minimum absolute atomic E-state index is 0.110. The molecule has 164 valence electrons. The summed E-state index contributed by atoms with van der Waals surface area (Å²) in [6.07, 6.45) is 1.13. The van der Waals surface area contributed by atoms with Crippen molar-refractivity contribution in [3.05, 3.63) is 72.3 Å². The van der Waals surface area contributed by atoms with Gasteiger partial charge in [0.15, 0.2) is 0 Å². The Labute approximate surface area is 185 Å². The van der Waals surface area contributed by atoms with E-state index in [-0.39, 0.29) is 16.9 Å². The molecule has 2 rings (SSSR count). The van der Waals surface area contributed by atoms with Gasteiger partial charge >= 0.3 is 5.69 Å². The van der Waals surface area contributed by atoms with Gasteiger partial charge in [-0.1, -0.05) is 0 Å². The molecule has 0 spiro atoms. The van der Waals surface area contributed by atoms with Gasteiger partial charge in [-0.2, -0.15) is 5.10 Å². The maximum atomic E-state index is 11.5. The van der Waals surface area contributed by atoms with E-state index in [9.17, 15) is 30.3 Å². The molecule has 0 saturated carbocycles. The number of nitrogens with one attached hydrogen (secondary N) is 1. The quantitative estimate of drug-likeness (QED) is 0.222. The topological polar surface area (TPSA) is 157 Å². The van der Waals surface area contributed by atoms with Crippen LogP contribution in [0.4, 0.5) is 28.4 Å². The van der Waals surface area contributed by atoms with Crippen molar-refractivity contribution >= 4 is 57.9 Å². The van der Waals surface area contributed by atoms with E-state index in [2.05, 4.69) is 10.5 Å². The summed E-state index contributed by atoms with van der Waals surface area (Å²) in [5.74, 6) is 0.623. The molecule has 2 aromatic carbocycles. The normalized spacial score (nSPS) is 10.8. The van der Waals surface area contributed by atoms with Crippen molar-refractivity contribution in [3.8, 4) is 0 Å². The molecule has 14 heteroatoms. The van der Waals surface area contributed by atoms with Gasteiger partial charge in [0.2, 0.25) is 0 Å². The summed E-state index contributed by atoms with van der Waals surface area (Å²) in [7, 11) is 0. The van der Waals surface area contributed by atoms with Gasteiger partial charge in [-0.25, -0.2) is 0 Å². The number of benzene rings is 2. The van der Waals surface area contributed by atoms with E-state index in [1.165, 1.54) is 12.1 Å². The summed E-state index contributed by atoms with van der Waals surface area (Å²) in [5.41, 5.74) is 1.73. The number of nitro benzene ring substituents is 3.